The number of amides is 1. The van der Waals surface area contributed by atoms with Gasteiger partial charge in [0.25, 0.3) is 17.3 Å². The number of nitrogens with one attached hydrogen (secondary N) is 1. The van der Waals surface area contributed by atoms with Gasteiger partial charge in [0, 0.05) is 24.3 Å². The molecule has 0 saturated heterocycles. The molecule has 36 heavy (non-hydrogen) atoms. The maximum atomic E-state index is 12.5. The van der Waals surface area contributed by atoms with Crippen molar-refractivity contribution in [3.05, 3.63) is 97.6 Å². The number of carbonyl (C=O) groups is 1. The topological polar surface area (TPSA) is 155 Å². The molecule has 12 nitrogen and oxygen atoms in total. The molecular formula is C24H22N4O8. The molecule has 12 heteroatoms. The second-order valence-corrected chi connectivity index (χ2v) is 7.19. The van der Waals surface area contributed by atoms with Gasteiger partial charge in [-0.25, -0.2) is 5.43 Å². The molecule has 3 aromatic carbocycles. The Balaban J connectivity index is 1.69. The quantitative estimate of drug-likeness (QED) is 0.236. The zero-order valence-electron chi connectivity index (χ0n) is 19.4. The number of ether oxygens (including phenoxy) is 3. The zero-order valence-corrected chi connectivity index (χ0v) is 19.4. The minimum Gasteiger partial charge on any atom is -0.496 e. The minimum atomic E-state index is -0.681. The lowest BCUT2D eigenvalue weighted by atomic mass is 10.1. The van der Waals surface area contributed by atoms with Gasteiger partial charge in [-0.05, 0) is 54.4 Å². The van der Waals surface area contributed by atoms with Crippen LogP contribution in [0.15, 0.2) is 65.8 Å². The molecule has 0 spiro atoms. The van der Waals surface area contributed by atoms with E-state index in [0.717, 1.165) is 11.6 Å². The molecule has 186 valence electrons. The van der Waals surface area contributed by atoms with E-state index in [-0.39, 0.29) is 29.3 Å². The number of rotatable bonds is 11. The fourth-order valence-electron chi connectivity index (χ4n) is 3.08. The summed E-state index contributed by atoms with van der Waals surface area (Å²) in [4.78, 5) is 33.2. The van der Waals surface area contributed by atoms with Crippen LogP contribution in [-0.2, 0) is 6.61 Å². The third kappa shape index (κ3) is 6.53. The Morgan fingerprint density at radius 1 is 0.917 bits per heavy atom. The van der Waals surface area contributed by atoms with Crippen molar-refractivity contribution in [2.45, 2.75) is 13.5 Å². The van der Waals surface area contributed by atoms with Gasteiger partial charge in [0.15, 0.2) is 11.5 Å². The summed E-state index contributed by atoms with van der Waals surface area (Å²) in [5.41, 5.74) is 3.36. The van der Waals surface area contributed by atoms with Crippen molar-refractivity contribution in [1.82, 2.24) is 5.43 Å². The summed E-state index contributed by atoms with van der Waals surface area (Å²) in [6.07, 6.45) is 1.38. The molecule has 3 rings (SSSR count). The van der Waals surface area contributed by atoms with Crippen molar-refractivity contribution in [3.63, 3.8) is 0 Å². The Morgan fingerprint density at radius 2 is 1.58 bits per heavy atom. The molecule has 0 atom stereocenters. The first kappa shape index (κ1) is 25.6. The van der Waals surface area contributed by atoms with Crippen LogP contribution in [0.2, 0.25) is 0 Å². The third-order valence-corrected chi connectivity index (χ3v) is 4.83. The molecule has 0 aromatic heterocycles. The summed E-state index contributed by atoms with van der Waals surface area (Å²) in [6.45, 7) is 2.36. The van der Waals surface area contributed by atoms with Crippen molar-refractivity contribution < 1.29 is 28.9 Å². The standard InChI is InChI=1S/C24H22N4O8/c1-3-35-23-12-17(6-10-22(23)36-15-16-4-7-18(8-5-16)27(30)31)14-25-26-24(29)20-13-19(28(32)33)9-11-21(20)34-2/h4-14H,3,15H2,1-2H3,(H,26,29)/b25-14-. The maximum absolute atomic E-state index is 12.5. The summed E-state index contributed by atoms with van der Waals surface area (Å²) in [6, 6.07) is 14.7. The van der Waals surface area contributed by atoms with E-state index < -0.39 is 15.8 Å². The molecule has 0 saturated carbocycles. The van der Waals surface area contributed by atoms with Crippen molar-refractivity contribution in [3.8, 4) is 17.2 Å². The van der Waals surface area contributed by atoms with Crippen molar-refractivity contribution >= 4 is 23.5 Å². The predicted molar refractivity (Wildman–Crippen MR) is 130 cm³/mol. The van der Waals surface area contributed by atoms with Gasteiger partial charge in [0.05, 0.1) is 35.3 Å². The van der Waals surface area contributed by atoms with Crippen molar-refractivity contribution in [2.24, 2.45) is 5.10 Å². The molecule has 0 aliphatic heterocycles. The summed E-state index contributed by atoms with van der Waals surface area (Å²) in [5, 5.41) is 25.7. The predicted octanol–water partition coefficient (Wildman–Crippen LogP) is 4.25. The Bertz CT molecular complexity index is 1290. The Morgan fingerprint density at radius 3 is 2.22 bits per heavy atom. The number of hydrogen-bond acceptors (Lipinski definition) is 9. The van der Waals surface area contributed by atoms with Crippen LogP contribution in [0.3, 0.4) is 0 Å². The molecule has 3 aromatic rings. The lowest BCUT2D eigenvalue weighted by Gasteiger charge is -2.12. The van der Waals surface area contributed by atoms with Gasteiger partial charge >= 0.3 is 0 Å². The average molecular weight is 494 g/mol. The first-order valence-corrected chi connectivity index (χ1v) is 10.6. The van der Waals surface area contributed by atoms with Crippen molar-refractivity contribution in [1.29, 1.82) is 0 Å². The van der Waals surface area contributed by atoms with Gasteiger partial charge in [0.1, 0.15) is 12.4 Å². The Kier molecular flexibility index (Phi) is 8.49. The van der Waals surface area contributed by atoms with Crippen LogP contribution in [0.25, 0.3) is 0 Å². The molecule has 0 aliphatic carbocycles. The summed E-state index contributed by atoms with van der Waals surface area (Å²) >= 11 is 0. The molecular weight excluding hydrogens is 472 g/mol. The zero-order chi connectivity index (χ0) is 26.1. The van der Waals surface area contributed by atoms with Crippen LogP contribution in [-0.4, -0.2) is 35.7 Å². The molecule has 0 bridgehead atoms. The SMILES string of the molecule is CCOc1cc(/C=N\NC(=O)c2cc([N+](=O)[O-])ccc2OC)ccc1OCc1ccc([N+](=O)[O-])cc1. The Hall–Kier alpha value is -5.00. The van der Waals surface area contributed by atoms with Crippen LogP contribution in [0.1, 0.15) is 28.4 Å². The Labute approximate surface area is 205 Å². The van der Waals surface area contributed by atoms with E-state index in [9.17, 15) is 25.0 Å². The normalized spacial score (nSPS) is 10.6. The van der Waals surface area contributed by atoms with E-state index in [0.29, 0.717) is 23.7 Å². The summed E-state index contributed by atoms with van der Waals surface area (Å²) in [7, 11) is 1.35. The highest BCUT2D eigenvalue weighted by Gasteiger charge is 2.17. The van der Waals surface area contributed by atoms with Crippen LogP contribution >= 0.6 is 0 Å². The highest BCUT2D eigenvalue weighted by molar-refractivity contribution is 5.98. The van der Waals surface area contributed by atoms with Crippen LogP contribution in [0.4, 0.5) is 11.4 Å². The van der Waals surface area contributed by atoms with Gasteiger partial charge < -0.3 is 14.2 Å². The average Bonchev–Trinajstić information content (AvgIpc) is 2.88. The molecule has 1 N–H and O–H groups in total. The van der Waals surface area contributed by atoms with E-state index in [1.165, 1.54) is 37.6 Å². The third-order valence-electron chi connectivity index (χ3n) is 4.83. The number of nitro benzene ring substituents is 2. The molecule has 0 heterocycles. The molecule has 0 unspecified atom stereocenters. The van der Waals surface area contributed by atoms with E-state index in [4.69, 9.17) is 14.2 Å². The maximum Gasteiger partial charge on any atom is 0.275 e. The number of carbonyl (C=O) groups excluding carboxylic acids is 1. The number of hydrogen-bond donors (Lipinski definition) is 1. The van der Waals surface area contributed by atoms with E-state index in [2.05, 4.69) is 10.5 Å². The van der Waals surface area contributed by atoms with Crippen molar-refractivity contribution in [2.75, 3.05) is 13.7 Å². The van der Waals surface area contributed by atoms with Crippen LogP contribution in [0.5, 0.6) is 17.2 Å². The van der Waals surface area contributed by atoms with Crippen LogP contribution < -0.4 is 19.6 Å². The molecule has 0 fully saturated rings. The van der Waals surface area contributed by atoms with Gasteiger partial charge in [-0.1, -0.05) is 0 Å². The van der Waals surface area contributed by atoms with Gasteiger partial charge in [-0.3, -0.25) is 25.0 Å². The van der Waals surface area contributed by atoms with E-state index in [1.807, 2.05) is 6.92 Å². The van der Waals surface area contributed by atoms with Gasteiger partial charge in [0.2, 0.25) is 0 Å². The first-order chi connectivity index (χ1) is 17.3. The second-order valence-electron chi connectivity index (χ2n) is 7.19. The smallest absolute Gasteiger partial charge is 0.275 e. The number of benzene rings is 3. The summed E-state index contributed by atoms with van der Waals surface area (Å²) in [5.74, 6) is 0.383. The van der Waals surface area contributed by atoms with Gasteiger partial charge in [-0.2, -0.15) is 5.10 Å². The molecule has 0 aliphatic rings. The second kappa shape index (κ2) is 11.9. The number of nitrogens with zero attached hydrogens (tertiary/aromatic N) is 3. The van der Waals surface area contributed by atoms with Crippen LogP contribution in [0, 0.1) is 20.2 Å². The number of non-ortho nitro benzene ring substituents is 2. The number of nitro groups is 2. The molecule has 0 radical (unpaired) electrons. The monoisotopic (exact) mass is 494 g/mol. The lowest BCUT2D eigenvalue weighted by molar-refractivity contribution is -0.385. The largest absolute Gasteiger partial charge is 0.496 e. The van der Waals surface area contributed by atoms with E-state index >= 15 is 0 Å². The summed E-state index contributed by atoms with van der Waals surface area (Å²) < 4.78 is 16.5. The highest BCUT2D eigenvalue weighted by atomic mass is 16.6. The number of hydrazone groups is 1. The fourth-order valence-corrected chi connectivity index (χ4v) is 3.08. The highest BCUT2D eigenvalue weighted by Crippen LogP contribution is 2.29. The van der Waals surface area contributed by atoms with Gasteiger partial charge in [-0.15, -0.1) is 0 Å². The lowest BCUT2D eigenvalue weighted by Crippen LogP contribution is -2.18. The fraction of sp³-hybridized carbons (Fsp3) is 0.167. The minimum absolute atomic E-state index is 0.00609. The number of methoxy groups -OCH3 is 1. The molecule has 1 amide bonds. The van der Waals surface area contributed by atoms with E-state index in [1.54, 1.807) is 30.3 Å². The first-order valence-electron chi connectivity index (χ1n) is 10.6.